The lowest BCUT2D eigenvalue weighted by atomic mass is 10.0. The lowest BCUT2D eigenvalue weighted by Crippen LogP contribution is -1.87. The highest BCUT2D eigenvalue weighted by Crippen LogP contribution is 2.34. The summed E-state index contributed by atoms with van der Waals surface area (Å²) < 4.78 is 10.5. The molecular formula is C21H20N2O2. The van der Waals surface area contributed by atoms with Crippen LogP contribution in [0.1, 0.15) is 18.7 Å². The van der Waals surface area contributed by atoms with Gasteiger partial charge in [0.15, 0.2) is 0 Å². The first kappa shape index (κ1) is 15.5. The van der Waals surface area contributed by atoms with Crippen molar-refractivity contribution in [1.82, 2.24) is 9.97 Å². The van der Waals surface area contributed by atoms with Gasteiger partial charge in [-0.15, -0.1) is 0 Å². The summed E-state index contributed by atoms with van der Waals surface area (Å²) in [6.45, 7) is 0. The lowest BCUT2D eigenvalue weighted by Gasteiger charge is -2.06. The number of methoxy groups -OCH3 is 2. The van der Waals surface area contributed by atoms with Gasteiger partial charge in [0.2, 0.25) is 0 Å². The molecule has 0 atom stereocenters. The molecule has 0 amide bonds. The molecule has 1 heterocycles. The van der Waals surface area contributed by atoms with Crippen molar-refractivity contribution in [2.75, 3.05) is 14.2 Å². The number of nitrogens with zero attached hydrogens (tertiary/aromatic N) is 1. The van der Waals surface area contributed by atoms with Crippen molar-refractivity contribution in [3.8, 4) is 34.0 Å². The van der Waals surface area contributed by atoms with E-state index in [-0.39, 0.29) is 0 Å². The molecule has 0 spiro atoms. The molecule has 4 nitrogen and oxygen atoms in total. The summed E-state index contributed by atoms with van der Waals surface area (Å²) in [5, 5.41) is 0. The topological polar surface area (TPSA) is 47.1 Å². The summed E-state index contributed by atoms with van der Waals surface area (Å²) in [5.41, 5.74) is 5.54. The van der Waals surface area contributed by atoms with Gasteiger partial charge in [-0.1, -0.05) is 5.57 Å². The van der Waals surface area contributed by atoms with Crippen LogP contribution in [0.25, 0.3) is 28.6 Å². The lowest BCUT2D eigenvalue weighted by molar-refractivity contribution is 0.414. The fraction of sp³-hybridized carbons (Fsp3) is 0.190. The van der Waals surface area contributed by atoms with Crippen molar-refractivity contribution in [3.05, 3.63) is 59.9 Å². The molecule has 126 valence electrons. The molecule has 4 rings (SSSR count). The van der Waals surface area contributed by atoms with Crippen LogP contribution < -0.4 is 9.47 Å². The number of benzene rings is 2. The van der Waals surface area contributed by atoms with Gasteiger partial charge >= 0.3 is 0 Å². The van der Waals surface area contributed by atoms with Gasteiger partial charge in [-0.2, -0.15) is 0 Å². The fourth-order valence-electron chi connectivity index (χ4n) is 2.79. The molecule has 1 aromatic heterocycles. The molecule has 3 aromatic rings. The molecule has 0 aliphatic heterocycles. The van der Waals surface area contributed by atoms with Crippen LogP contribution in [0.5, 0.6) is 11.5 Å². The molecule has 0 saturated heterocycles. The third kappa shape index (κ3) is 3.29. The van der Waals surface area contributed by atoms with Gasteiger partial charge in [-0.3, -0.25) is 0 Å². The standard InChI is InChI=1S/C21H20N2O2/c1-24-17-9-5-15(6-10-17)20-21(16-7-11-18(25-2)12-8-16)23-19(22-20)13-14-3-4-14/h5-13H,3-4H2,1-2H3,(H,22,23). The molecule has 1 saturated carbocycles. The number of rotatable bonds is 5. The Kier molecular flexibility index (Phi) is 4.02. The van der Waals surface area contributed by atoms with E-state index in [1.807, 2.05) is 48.5 Å². The predicted octanol–water partition coefficient (Wildman–Crippen LogP) is 4.94. The Hall–Kier alpha value is -3.01. The number of hydrogen-bond donors (Lipinski definition) is 1. The van der Waals surface area contributed by atoms with Crippen LogP contribution in [-0.4, -0.2) is 24.2 Å². The van der Waals surface area contributed by atoms with Crippen LogP contribution in [0.4, 0.5) is 0 Å². The molecule has 0 bridgehead atoms. The first-order chi connectivity index (χ1) is 12.3. The number of aromatic nitrogens is 2. The number of imidazole rings is 1. The van der Waals surface area contributed by atoms with Crippen LogP contribution in [0, 0.1) is 0 Å². The summed E-state index contributed by atoms with van der Waals surface area (Å²) in [6, 6.07) is 16.0. The molecule has 2 aromatic carbocycles. The highest BCUT2D eigenvalue weighted by Gasteiger charge is 2.16. The van der Waals surface area contributed by atoms with E-state index in [0.29, 0.717) is 0 Å². The average molecular weight is 332 g/mol. The number of aromatic amines is 1. The molecular weight excluding hydrogens is 312 g/mol. The molecule has 25 heavy (non-hydrogen) atoms. The van der Waals surface area contributed by atoms with Gasteiger partial charge in [0.1, 0.15) is 17.3 Å². The SMILES string of the molecule is COc1ccc(-c2nc(C=C3CC3)[nH]c2-c2ccc(OC)cc2)cc1. The fourth-order valence-corrected chi connectivity index (χ4v) is 2.79. The van der Waals surface area contributed by atoms with Crippen molar-refractivity contribution in [1.29, 1.82) is 0 Å². The average Bonchev–Trinajstić information content (AvgIpc) is 3.38. The Morgan fingerprint density at radius 1 is 0.840 bits per heavy atom. The summed E-state index contributed by atoms with van der Waals surface area (Å²) in [4.78, 5) is 8.31. The van der Waals surface area contributed by atoms with Gasteiger partial charge in [0.05, 0.1) is 25.6 Å². The quantitative estimate of drug-likeness (QED) is 0.720. The largest absolute Gasteiger partial charge is 0.497 e. The number of nitrogens with one attached hydrogen (secondary N) is 1. The van der Waals surface area contributed by atoms with Crippen molar-refractivity contribution >= 4 is 6.08 Å². The zero-order valence-electron chi connectivity index (χ0n) is 14.4. The second kappa shape index (κ2) is 6.48. The Morgan fingerprint density at radius 3 is 1.92 bits per heavy atom. The van der Waals surface area contributed by atoms with Crippen LogP contribution in [0.3, 0.4) is 0 Å². The normalized spacial score (nSPS) is 12.8. The van der Waals surface area contributed by atoms with E-state index >= 15 is 0 Å². The van der Waals surface area contributed by atoms with Crippen LogP contribution in [0.15, 0.2) is 54.1 Å². The van der Waals surface area contributed by atoms with E-state index in [9.17, 15) is 0 Å². The Morgan fingerprint density at radius 2 is 1.40 bits per heavy atom. The first-order valence-electron chi connectivity index (χ1n) is 8.35. The zero-order valence-corrected chi connectivity index (χ0v) is 14.4. The van der Waals surface area contributed by atoms with Gasteiger partial charge in [-0.05, 0) is 67.4 Å². The van der Waals surface area contributed by atoms with E-state index in [2.05, 4.69) is 11.1 Å². The van der Waals surface area contributed by atoms with Crippen molar-refractivity contribution in [2.45, 2.75) is 12.8 Å². The molecule has 1 fully saturated rings. The number of H-pyrrole nitrogens is 1. The molecule has 4 heteroatoms. The van der Waals surface area contributed by atoms with Gasteiger partial charge < -0.3 is 14.5 Å². The molecule has 1 aliphatic rings. The van der Waals surface area contributed by atoms with E-state index in [1.165, 1.54) is 18.4 Å². The van der Waals surface area contributed by atoms with Crippen molar-refractivity contribution in [3.63, 3.8) is 0 Å². The maximum absolute atomic E-state index is 5.26. The third-order valence-electron chi connectivity index (χ3n) is 4.34. The second-order valence-corrected chi connectivity index (χ2v) is 6.11. The van der Waals surface area contributed by atoms with E-state index in [4.69, 9.17) is 14.5 Å². The van der Waals surface area contributed by atoms with Crippen molar-refractivity contribution in [2.24, 2.45) is 0 Å². The minimum absolute atomic E-state index is 0.839. The van der Waals surface area contributed by atoms with Gasteiger partial charge in [0, 0.05) is 11.1 Å². The van der Waals surface area contributed by atoms with Crippen molar-refractivity contribution < 1.29 is 9.47 Å². The predicted molar refractivity (Wildman–Crippen MR) is 99.8 cm³/mol. The smallest absolute Gasteiger partial charge is 0.131 e. The van der Waals surface area contributed by atoms with Crippen LogP contribution in [0.2, 0.25) is 0 Å². The highest BCUT2D eigenvalue weighted by molar-refractivity contribution is 5.80. The molecule has 0 radical (unpaired) electrons. The summed E-state index contributed by atoms with van der Waals surface area (Å²) in [7, 11) is 3.35. The number of hydrogen-bond acceptors (Lipinski definition) is 3. The van der Waals surface area contributed by atoms with Gasteiger partial charge in [-0.25, -0.2) is 4.98 Å². The monoisotopic (exact) mass is 332 g/mol. The Bertz CT molecular complexity index is 835. The van der Waals surface area contributed by atoms with Gasteiger partial charge in [0.25, 0.3) is 0 Å². The third-order valence-corrected chi connectivity index (χ3v) is 4.34. The molecule has 0 unspecified atom stereocenters. The maximum Gasteiger partial charge on any atom is 0.131 e. The first-order valence-corrected chi connectivity index (χ1v) is 8.35. The summed E-state index contributed by atoms with van der Waals surface area (Å²) >= 11 is 0. The minimum Gasteiger partial charge on any atom is -0.497 e. The Balaban J connectivity index is 1.79. The van der Waals surface area contributed by atoms with E-state index < -0.39 is 0 Å². The van der Waals surface area contributed by atoms with Crippen LogP contribution in [-0.2, 0) is 0 Å². The summed E-state index contributed by atoms with van der Waals surface area (Å²) in [5.74, 6) is 2.59. The second-order valence-electron chi connectivity index (χ2n) is 6.11. The zero-order chi connectivity index (χ0) is 17.2. The number of allylic oxidation sites excluding steroid dienone is 1. The number of ether oxygens (including phenoxy) is 2. The Labute approximate surface area is 147 Å². The maximum atomic E-state index is 5.26. The minimum atomic E-state index is 0.839. The summed E-state index contributed by atoms with van der Waals surface area (Å²) in [6.07, 6.45) is 4.51. The highest BCUT2D eigenvalue weighted by atomic mass is 16.5. The van der Waals surface area contributed by atoms with Crippen LogP contribution >= 0.6 is 0 Å². The molecule has 1 aliphatic carbocycles. The van der Waals surface area contributed by atoms with E-state index in [0.717, 1.165) is 39.8 Å². The molecule has 1 N–H and O–H groups in total. The van der Waals surface area contributed by atoms with E-state index in [1.54, 1.807) is 14.2 Å².